The SMILES string of the molecule is COc1cc(C2C(C#N)=C(N)Oc3ccnc(O)c32)cc(Br)c1OC. The first-order chi connectivity index (χ1) is 12.0. The van der Waals surface area contributed by atoms with Crippen LogP contribution in [0.25, 0.3) is 0 Å². The first kappa shape index (κ1) is 16.9. The van der Waals surface area contributed by atoms with Gasteiger partial charge in [-0.2, -0.15) is 5.26 Å². The van der Waals surface area contributed by atoms with Crippen molar-refractivity contribution in [2.24, 2.45) is 5.73 Å². The number of pyridine rings is 1. The summed E-state index contributed by atoms with van der Waals surface area (Å²) in [7, 11) is 3.04. The summed E-state index contributed by atoms with van der Waals surface area (Å²) >= 11 is 3.44. The molecule has 0 saturated carbocycles. The molecule has 1 atom stereocenters. The summed E-state index contributed by atoms with van der Waals surface area (Å²) < 4.78 is 16.8. The maximum absolute atomic E-state index is 10.3. The minimum Gasteiger partial charge on any atom is -0.493 e. The third-order valence-corrected chi connectivity index (χ3v) is 4.49. The molecule has 0 radical (unpaired) electrons. The summed E-state index contributed by atoms with van der Waals surface area (Å²) in [6, 6.07) is 7.14. The van der Waals surface area contributed by atoms with E-state index in [0.717, 1.165) is 0 Å². The van der Waals surface area contributed by atoms with E-state index in [4.69, 9.17) is 19.9 Å². The number of halogens is 1. The molecule has 25 heavy (non-hydrogen) atoms. The van der Waals surface area contributed by atoms with E-state index in [-0.39, 0.29) is 17.3 Å². The number of aromatic hydroxyl groups is 1. The van der Waals surface area contributed by atoms with Crippen LogP contribution in [0.2, 0.25) is 0 Å². The molecule has 1 aliphatic heterocycles. The molecule has 2 heterocycles. The highest BCUT2D eigenvalue weighted by atomic mass is 79.9. The van der Waals surface area contributed by atoms with Crippen molar-refractivity contribution in [3.63, 3.8) is 0 Å². The molecule has 0 bridgehead atoms. The van der Waals surface area contributed by atoms with E-state index < -0.39 is 5.92 Å². The molecule has 0 spiro atoms. The summed E-state index contributed by atoms with van der Waals surface area (Å²) in [5, 5.41) is 19.8. The van der Waals surface area contributed by atoms with E-state index in [9.17, 15) is 10.4 Å². The summed E-state index contributed by atoms with van der Waals surface area (Å²) in [4.78, 5) is 3.90. The molecule has 128 valence electrons. The standard InChI is InChI=1S/C17H14BrN3O4/c1-23-12-6-8(5-10(18)15(12)24-2)13-9(7-19)16(20)25-11-3-4-21-17(22)14(11)13/h3-6,13H,20H2,1-2H3,(H,21,22). The number of nitrogens with two attached hydrogens (primary N) is 1. The fraction of sp³-hybridized carbons (Fsp3) is 0.176. The molecule has 0 fully saturated rings. The van der Waals surface area contributed by atoms with Crippen LogP contribution in [0, 0.1) is 11.3 Å². The number of ether oxygens (including phenoxy) is 3. The van der Waals surface area contributed by atoms with Crippen molar-refractivity contribution >= 4 is 15.9 Å². The molecule has 0 aliphatic carbocycles. The Kier molecular flexibility index (Phi) is 4.42. The quantitative estimate of drug-likeness (QED) is 0.809. The number of allylic oxidation sites excluding steroid dienone is 1. The van der Waals surface area contributed by atoms with Crippen LogP contribution in [0.1, 0.15) is 17.0 Å². The lowest BCUT2D eigenvalue weighted by molar-refractivity contribution is 0.352. The number of aromatic nitrogens is 1. The first-order valence-corrected chi connectivity index (χ1v) is 7.98. The third-order valence-electron chi connectivity index (χ3n) is 3.90. The summed E-state index contributed by atoms with van der Waals surface area (Å²) in [6.45, 7) is 0. The number of fused-ring (bicyclic) bond motifs is 1. The molecule has 0 saturated heterocycles. The Hall–Kier alpha value is -2.92. The van der Waals surface area contributed by atoms with Crippen molar-refractivity contribution in [1.82, 2.24) is 4.98 Å². The van der Waals surface area contributed by atoms with Crippen molar-refractivity contribution in [3.8, 4) is 29.2 Å². The molecule has 1 aromatic carbocycles. The van der Waals surface area contributed by atoms with Gasteiger partial charge in [-0.25, -0.2) is 4.98 Å². The summed E-state index contributed by atoms with van der Waals surface area (Å²) in [5.74, 6) is 0.437. The van der Waals surface area contributed by atoms with Gasteiger partial charge in [0.05, 0.1) is 30.2 Å². The van der Waals surface area contributed by atoms with Crippen molar-refractivity contribution in [2.45, 2.75) is 5.92 Å². The van der Waals surface area contributed by atoms with Crippen molar-refractivity contribution in [2.75, 3.05) is 14.2 Å². The van der Waals surface area contributed by atoms with Gasteiger partial charge in [-0.3, -0.25) is 0 Å². The van der Waals surface area contributed by atoms with Crippen LogP contribution in [0.4, 0.5) is 0 Å². The second-order valence-corrected chi connectivity index (χ2v) is 6.06. The van der Waals surface area contributed by atoms with Gasteiger partial charge in [-0.05, 0) is 39.7 Å². The highest BCUT2D eigenvalue weighted by Gasteiger charge is 2.34. The molecule has 8 heteroatoms. The number of rotatable bonds is 3. The van der Waals surface area contributed by atoms with Gasteiger partial charge in [0.25, 0.3) is 0 Å². The van der Waals surface area contributed by atoms with Gasteiger partial charge in [-0.1, -0.05) is 0 Å². The molecular weight excluding hydrogens is 390 g/mol. The van der Waals surface area contributed by atoms with Gasteiger partial charge in [0.1, 0.15) is 17.4 Å². The zero-order valence-corrected chi connectivity index (χ0v) is 15.0. The topological polar surface area (TPSA) is 111 Å². The zero-order chi connectivity index (χ0) is 18.1. The fourth-order valence-corrected chi connectivity index (χ4v) is 3.44. The van der Waals surface area contributed by atoms with Gasteiger partial charge in [0, 0.05) is 6.20 Å². The predicted molar refractivity (Wildman–Crippen MR) is 92.4 cm³/mol. The highest BCUT2D eigenvalue weighted by Crippen LogP contribution is 2.48. The van der Waals surface area contributed by atoms with Gasteiger partial charge in [-0.15, -0.1) is 0 Å². The number of nitriles is 1. The smallest absolute Gasteiger partial charge is 0.218 e. The first-order valence-electron chi connectivity index (χ1n) is 7.18. The molecule has 1 aliphatic rings. The Morgan fingerprint density at radius 3 is 2.76 bits per heavy atom. The number of hydrogen-bond donors (Lipinski definition) is 2. The van der Waals surface area contributed by atoms with Gasteiger partial charge in [0.2, 0.25) is 11.8 Å². The van der Waals surface area contributed by atoms with Crippen LogP contribution in [-0.2, 0) is 0 Å². The molecule has 0 amide bonds. The zero-order valence-electron chi connectivity index (χ0n) is 13.4. The van der Waals surface area contributed by atoms with Crippen molar-refractivity contribution in [1.29, 1.82) is 5.26 Å². The second kappa shape index (κ2) is 6.53. The Bertz CT molecular complexity index is 921. The van der Waals surface area contributed by atoms with Crippen LogP contribution < -0.4 is 19.9 Å². The number of methoxy groups -OCH3 is 2. The van der Waals surface area contributed by atoms with E-state index in [2.05, 4.69) is 27.0 Å². The van der Waals surface area contributed by atoms with E-state index >= 15 is 0 Å². The molecule has 2 aromatic rings. The predicted octanol–water partition coefficient (Wildman–Crippen LogP) is 2.79. The fourth-order valence-electron chi connectivity index (χ4n) is 2.82. The van der Waals surface area contributed by atoms with Gasteiger partial charge in [0.15, 0.2) is 11.5 Å². The monoisotopic (exact) mass is 403 g/mol. The van der Waals surface area contributed by atoms with Crippen LogP contribution in [0.5, 0.6) is 23.1 Å². The molecular formula is C17H14BrN3O4. The van der Waals surface area contributed by atoms with E-state index in [0.29, 0.717) is 32.8 Å². The normalized spacial score (nSPS) is 15.8. The maximum atomic E-state index is 10.3. The third kappa shape index (κ3) is 2.72. The van der Waals surface area contributed by atoms with E-state index in [1.807, 2.05) is 0 Å². The number of benzene rings is 1. The van der Waals surface area contributed by atoms with Crippen LogP contribution in [-0.4, -0.2) is 24.3 Å². The Morgan fingerprint density at radius 2 is 2.12 bits per heavy atom. The molecule has 3 rings (SSSR count). The average molecular weight is 404 g/mol. The maximum Gasteiger partial charge on any atom is 0.218 e. The summed E-state index contributed by atoms with van der Waals surface area (Å²) in [6.07, 6.45) is 1.40. The highest BCUT2D eigenvalue weighted by molar-refractivity contribution is 9.10. The Balaban J connectivity index is 2.29. The van der Waals surface area contributed by atoms with Gasteiger partial charge >= 0.3 is 0 Å². The lowest BCUT2D eigenvalue weighted by Gasteiger charge is -2.27. The van der Waals surface area contributed by atoms with Crippen molar-refractivity contribution in [3.05, 3.63) is 51.5 Å². The lowest BCUT2D eigenvalue weighted by atomic mass is 9.84. The Morgan fingerprint density at radius 1 is 1.36 bits per heavy atom. The molecule has 1 aromatic heterocycles. The van der Waals surface area contributed by atoms with Crippen LogP contribution >= 0.6 is 15.9 Å². The molecule has 1 unspecified atom stereocenters. The minimum atomic E-state index is -0.654. The average Bonchev–Trinajstić information content (AvgIpc) is 2.60. The van der Waals surface area contributed by atoms with Crippen molar-refractivity contribution < 1.29 is 19.3 Å². The Labute approximate surface area is 152 Å². The van der Waals surface area contributed by atoms with Gasteiger partial charge < -0.3 is 25.1 Å². The van der Waals surface area contributed by atoms with E-state index in [1.165, 1.54) is 20.4 Å². The van der Waals surface area contributed by atoms with Crippen LogP contribution in [0.3, 0.4) is 0 Å². The van der Waals surface area contributed by atoms with E-state index in [1.54, 1.807) is 18.2 Å². The minimum absolute atomic E-state index is 0.0171. The molecule has 7 nitrogen and oxygen atoms in total. The lowest BCUT2D eigenvalue weighted by Crippen LogP contribution is -2.21. The van der Waals surface area contributed by atoms with Crippen LogP contribution in [0.15, 0.2) is 40.3 Å². The summed E-state index contributed by atoms with van der Waals surface area (Å²) in [5.41, 5.74) is 7.12. The second-order valence-electron chi connectivity index (χ2n) is 5.21. The number of hydrogen-bond acceptors (Lipinski definition) is 7. The molecule has 3 N–H and O–H groups in total. The largest absolute Gasteiger partial charge is 0.493 e. The number of nitrogens with zero attached hydrogens (tertiary/aromatic N) is 2.